The van der Waals surface area contributed by atoms with Crippen molar-refractivity contribution in [3.8, 4) is 0 Å². The summed E-state index contributed by atoms with van der Waals surface area (Å²) in [6, 6.07) is 6.73. The lowest BCUT2D eigenvalue weighted by Gasteiger charge is -2.10. The number of sulfonamides is 1. The number of nitrogens with one attached hydrogen (secondary N) is 1. The van der Waals surface area contributed by atoms with Crippen LogP contribution in [-0.2, 0) is 16.4 Å². The van der Waals surface area contributed by atoms with Crippen LogP contribution in [0.1, 0.15) is 25.3 Å². The van der Waals surface area contributed by atoms with Crippen LogP contribution in [0.4, 0.5) is 0 Å². The first-order valence-corrected chi connectivity index (χ1v) is 7.78. The Balaban J connectivity index is 2.05. The standard InChI is InChI=1S/C13H19NO3S/c1-2-14-18(16,17)12-7-3-10(4-8-12)9-13(15)11-5-6-11/h3-4,7-8,11,13-15H,2,5-6,9H2,1H3. The van der Waals surface area contributed by atoms with Crippen molar-refractivity contribution in [3.63, 3.8) is 0 Å². The van der Waals surface area contributed by atoms with Gasteiger partial charge in [-0.2, -0.15) is 0 Å². The molecular weight excluding hydrogens is 250 g/mol. The maximum absolute atomic E-state index is 11.7. The fraction of sp³-hybridized carbons (Fsp3) is 0.538. The summed E-state index contributed by atoms with van der Waals surface area (Å²) in [6.45, 7) is 2.13. The predicted molar refractivity (Wildman–Crippen MR) is 69.7 cm³/mol. The average Bonchev–Trinajstić information content (AvgIpc) is 3.13. The zero-order valence-electron chi connectivity index (χ0n) is 10.5. The molecule has 2 rings (SSSR count). The van der Waals surface area contributed by atoms with Gasteiger partial charge in [0.25, 0.3) is 0 Å². The zero-order chi connectivity index (χ0) is 13.2. The lowest BCUT2D eigenvalue weighted by molar-refractivity contribution is 0.151. The summed E-state index contributed by atoms with van der Waals surface area (Å²) in [5.41, 5.74) is 0.977. The topological polar surface area (TPSA) is 66.4 Å². The minimum Gasteiger partial charge on any atom is -0.392 e. The van der Waals surface area contributed by atoms with E-state index in [4.69, 9.17) is 0 Å². The van der Waals surface area contributed by atoms with E-state index in [1.165, 1.54) is 0 Å². The Labute approximate surface area is 108 Å². The van der Waals surface area contributed by atoms with Gasteiger partial charge in [-0.1, -0.05) is 19.1 Å². The van der Waals surface area contributed by atoms with E-state index in [0.717, 1.165) is 18.4 Å². The molecule has 1 atom stereocenters. The van der Waals surface area contributed by atoms with E-state index < -0.39 is 10.0 Å². The second-order valence-electron chi connectivity index (χ2n) is 4.75. The molecule has 0 aliphatic heterocycles. The van der Waals surface area contributed by atoms with Crippen LogP contribution in [-0.4, -0.2) is 26.2 Å². The van der Waals surface area contributed by atoms with Gasteiger partial charge in [-0.3, -0.25) is 0 Å². The van der Waals surface area contributed by atoms with Gasteiger partial charge in [0.15, 0.2) is 0 Å². The Kier molecular flexibility index (Phi) is 4.04. The first-order chi connectivity index (χ1) is 8.53. The van der Waals surface area contributed by atoms with Crippen molar-refractivity contribution >= 4 is 10.0 Å². The number of hydrogen-bond acceptors (Lipinski definition) is 3. The number of rotatable bonds is 6. The Hall–Kier alpha value is -0.910. The summed E-state index contributed by atoms with van der Waals surface area (Å²) in [4.78, 5) is 0.272. The van der Waals surface area contributed by atoms with Gasteiger partial charge in [0.1, 0.15) is 0 Å². The molecular formula is C13H19NO3S. The number of benzene rings is 1. The van der Waals surface area contributed by atoms with Gasteiger partial charge in [-0.25, -0.2) is 13.1 Å². The summed E-state index contributed by atoms with van der Waals surface area (Å²) < 4.78 is 25.9. The van der Waals surface area contributed by atoms with E-state index in [1.807, 2.05) is 0 Å². The molecule has 0 spiro atoms. The highest BCUT2D eigenvalue weighted by Crippen LogP contribution is 2.33. The maximum Gasteiger partial charge on any atom is 0.240 e. The third-order valence-corrected chi connectivity index (χ3v) is 4.74. The summed E-state index contributed by atoms with van der Waals surface area (Å²) in [5, 5.41) is 9.83. The van der Waals surface area contributed by atoms with E-state index in [-0.39, 0.29) is 11.0 Å². The highest BCUT2D eigenvalue weighted by Gasteiger charge is 2.29. The van der Waals surface area contributed by atoms with Crippen molar-refractivity contribution in [2.45, 2.75) is 37.2 Å². The van der Waals surface area contributed by atoms with Crippen molar-refractivity contribution in [1.29, 1.82) is 0 Å². The second-order valence-corrected chi connectivity index (χ2v) is 6.52. The van der Waals surface area contributed by atoms with Crippen LogP contribution in [0.2, 0.25) is 0 Å². The molecule has 0 bridgehead atoms. The van der Waals surface area contributed by atoms with Crippen LogP contribution in [0.25, 0.3) is 0 Å². The zero-order valence-corrected chi connectivity index (χ0v) is 11.3. The minimum absolute atomic E-state index is 0.272. The van der Waals surface area contributed by atoms with E-state index in [1.54, 1.807) is 31.2 Å². The number of aliphatic hydroxyl groups excluding tert-OH is 1. The summed E-state index contributed by atoms with van der Waals surface area (Å²) >= 11 is 0. The molecule has 1 aromatic carbocycles. The smallest absolute Gasteiger partial charge is 0.240 e. The Morgan fingerprint density at radius 3 is 2.44 bits per heavy atom. The second kappa shape index (κ2) is 5.38. The van der Waals surface area contributed by atoms with Crippen molar-refractivity contribution in [2.24, 2.45) is 5.92 Å². The highest BCUT2D eigenvalue weighted by atomic mass is 32.2. The molecule has 2 N–H and O–H groups in total. The molecule has 1 aromatic rings. The molecule has 0 amide bonds. The Morgan fingerprint density at radius 1 is 1.33 bits per heavy atom. The summed E-state index contributed by atoms with van der Waals surface area (Å²) in [7, 11) is -3.37. The van der Waals surface area contributed by atoms with Crippen LogP contribution in [0.15, 0.2) is 29.2 Å². The van der Waals surface area contributed by atoms with Crippen LogP contribution < -0.4 is 4.72 Å². The summed E-state index contributed by atoms with van der Waals surface area (Å²) in [5.74, 6) is 0.440. The number of hydrogen-bond donors (Lipinski definition) is 2. The normalized spacial score (nSPS) is 17.7. The molecule has 0 radical (unpaired) electrons. The van der Waals surface area contributed by atoms with Gasteiger partial charge < -0.3 is 5.11 Å². The molecule has 0 saturated heterocycles. The van der Waals surface area contributed by atoms with Gasteiger partial charge in [0.05, 0.1) is 11.0 Å². The molecule has 18 heavy (non-hydrogen) atoms. The fourth-order valence-electron chi connectivity index (χ4n) is 1.97. The summed E-state index contributed by atoms with van der Waals surface area (Å²) in [6.07, 6.45) is 2.52. The third kappa shape index (κ3) is 3.31. The van der Waals surface area contributed by atoms with Crippen molar-refractivity contribution < 1.29 is 13.5 Å². The van der Waals surface area contributed by atoms with Gasteiger partial charge >= 0.3 is 0 Å². The lowest BCUT2D eigenvalue weighted by Crippen LogP contribution is -2.23. The van der Waals surface area contributed by atoms with Gasteiger partial charge in [-0.05, 0) is 42.9 Å². The molecule has 4 nitrogen and oxygen atoms in total. The molecule has 1 fully saturated rings. The van der Waals surface area contributed by atoms with Crippen LogP contribution in [0, 0.1) is 5.92 Å². The SMILES string of the molecule is CCNS(=O)(=O)c1ccc(CC(O)C2CC2)cc1. The predicted octanol–water partition coefficient (Wildman–Crippen LogP) is 1.30. The quantitative estimate of drug-likeness (QED) is 0.818. The molecule has 5 heteroatoms. The van der Waals surface area contributed by atoms with Gasteiger partial charge in [0, 0.05) is 6.54 Å². The van der Waals surface area contributed by atoms with Crippen molar-refractivity contribution in [3.05, 3.63) is 29.8 Å². The third-order valence-electron chi connectivity index (χ3n) is 3.18. The molecule has 0 heterocycles. The molecule has 100 valence electrons. The van der Waals surface area contributed by atoms with Crippen molar-refractivity contribution in [1.82, 2.24) is 4.72 Å². The first-order valence-electron chi connectivity index (χ1n) is 6.29. The highest BCUT2D eigenvalue weighted by molar-refractivity contribution is 7.89. The van der Waals surface area contributed by atoms with Crippen LogP contribution in [0.5, 0.6) is 0 Å². The largest absolute Gasteiger partial charge is 0.392 e. The van der Waals surface area contributed by atoms with E-state index in [2.05, 4.69) is 4.72 Å². The molecule has 1 aliphatic rings. The van der Waals surface area contributed by atoms with Crippen LogP contribution in [0.3, 0.4) is 0 Å². The average molecular weight is 269 g/mol. The van der Waals surface area contributed by atoms with Crippen LogP contribution >= 0.6 is 0 Å². The van der Waals surface area contributed by atoms with Crippen molar-refractivity contribution in [2.75, 3.05) is 6.54 Å². The number of aliphatic hydroxyl groups is 1. The monoisotopic (exact) mass is 269 g/mol. The van der Waals surface area contributed by atoms with E-state index >= 15 is 0 Å². The molecule has 1 aliphatic carbocycles. The van der Waals surface area contributed by atoms with Gasteiger partial charge in [0.2, 0.25) is 10.0 Å². The van der Waals surface area contributed by atoms with E-state index in [0.29, 0.717) is 18.9 Å². The minimum atomic E-state index is -3.37. The first kappa shape index (κ1) is 13.5. The fourth-order valence-corrected chi connectivity index (χ4v) is 3.01. The van der Waals surface area contributed by atoms with Gasteiger partial charge in [-0.15, -0.1) is 0 Å². The molecule has 1 saturated carbocycles. The molecule has 1 unspecified atom stereocenters. The maximum atomic E-state index is 11.7. The molecule has 0 aromatic heterocycles. The Morgan fingerprint density at radius 2 is 1.94 bits per heavy atom. The lowest BCUT2D eigenvalue weighted by atomic mass is 10.1. The Bertz CT molecular complexity index is 491. The van der Waals surface area contributed by atoms with E-state index in [9.17, 15) is 13.5 Å².